The van der Waals surface area contributed by atoms with E-state index in [1.165, 1.54) is 0 Å². The fourth-order valence-electron chi connectivity index (χ4n) is 1.18. The molecule has 2 nitrogen and oxygen atoms in total. The lowest BCUT2D eigenvalue weighted by Crippen LogP contribution is -2.13. The second-order valence-electron chi connectivity index (χ2n) is 3.86. The molecule has 0 saturated carbocycles. The van der Waals surface area contributed by atoms with Crippen molar-refractivity contribution in [3.63, 3.8) is 0 Å². The minimum atomic E-state index is -0.604. The third-order valence-electron chi connectivity index (χ3n) is 2.24. The van der Waals surface area contributed by atoms with E-state index >= 15 is 0 Å². The van der Waals surface area contributed by atoms with Crippen molar-refractivity contribution in [2.45, 2.75) is 26.2 Å². The number of nitrogens with zero attached hydrogens (tertiary/aromatic N) is 1. The number of aromatic hydroxyl groups is 1. The molecule has 0 aliphatic carbocycles. The Kier molecular flexibility index (Phi) is 2.73. The zero-order valence-electron chi connectivity index (χ0n) is 8.43. The van der Waals surface area contributed by atoms with Gasteiger partial charge >= 0.3 is 0 Å². The molecule has 1 aromatic rings. The quantitative estimate of drug-likeness (QED) is 0.772. The van der Waals surface area contributed by atoms with Crippen LogP contribution in [0.25, 0.3) is 0 Å². The van der Waals surface area contributed by atoms with E-state index in [0.717, 1.165) is 11.1 Å². The summed E-state index contributed by atoms with van der Waals surface area (Å²) in [6.45, 7) is 5.41. The second-order valence-corrected chi connectivity index (χ2v) is 4.24. The van der Waals surface area contributed by atoms with Gasteiger partial charge in [0.1, 0.15) is 5.75 Å². The van der Waals surface area contributed by atoms with E-state index in [4.69, 9.17) is 16.9 Å². The molecule has 1 aromatic carbocycles. The molecule has 0 aromatic heterocycles. The monoisotopic (exact) mass is 209 g/mol. The first-order valence-corrected chi connectivity index (χ1v) is 4.67. The standard InChI is InChI=1S/C11H12ClNO/c1-7-4-8(11(2,3)6-13)5-9(14)10(7)12/h4-5,14H,1-3H3. The van der Waals surface area contributed by atoms with Crippen LogP contribution in [0.15, 0.2) is 12.1 Å². The fraction of sp³-hybridized carbons (Fsp3) is 0.364. The summed E-state index contributed by atoms with van der Waals surface area (Å²) in [5.41, 5.74) is 0.955. The van der Waals surface area contributed by atoms with Crippen LogP contribution in [0, 0.1) is 18.3 Å². The summed E-state index contributed by atoms with van der Waals surface area (Å²) in [7, 11) is 0. The highest BCUT2D eigenvalue weighted by Gasteiger charge is 2.21. The average Bonchev–Trinajstić information content (AvgIpc) is 2.13. The summed E-state index contributed by atoms with van der Waals surface area (Å²) in [6, 6.07) is 5.54. The Balaban J connectivity index is 3.35. The lowest BCUT2D eigenvalue weighted by Gasteiger charge is -2.17. The molecule has 1 N–H and O–H groups in total. The van der Waals surface area contributed by atoms with Crippen molar-refractivity contribution < 1.29 is 5.11 Å². The van der Waals surface area contributed by atoms with Gasteiger partial charge in [0.05, 0.1) is 16.5 Å². The Morgan fingerprint density at radius 3 is 2.43 bits per heavy atom. The zero-order chi connectivity index (χ0) is 10.9. The van der Waals surface area contributed by atoms with Crippen LogP contribution in [0.2, 0.25) is 5.02 Å². The molecule has 0 spiro atoms. The summed E-state index contributed by atoms with van der Waals surface area (Å²) >= 11 is 5.81. The van der Waals surface area contributed by atoms with Gasteiger partial charge in [0.2, 0.25) is 0 Å². The van der Waals surface area contributed by atoms with Crippen LogP contribution in [-0.4, -0.2) is 5.11 Å². The molecular formula is C11H12ClNO. The van der Waals surface area contributed by atoms with Gasteiger partial charge < -0.3 is 5.11 Å². The summed E-state index contributed by atoms with van der Waals surface area (Å²) in [5, 5.41) is 18.8. The summed E-state index contributed by atoms with van der Waals surface area (Å²) < 4.78 is 0. The van der Waals surface area contributed by atoms with E-state index in [9.17, 15) is 5.11 Å². The third kappa shape index (κ3) is 1.83. The van der Waals surface area contributed by atoms with Gasteiger partial charge in [-0.1, -0.05) is 17.7 Å². The number of aryl methyl sites for hydroxylation is 1. The normalized spacial score (nSPS) is 11.1. The molecule has 0 radical (unpaired) electrons. The van der Waals surface area contributed by atoms with Crippen molar-refractivity contribution in [1.29, 1.82) is 5.26 Å². The molecule has 0 amide bonds. The summed E-state index contributed by atoms with van der Waals surface area (Å²) in [6.07, 6.45) is 0. The minimum absolute atomic E-state index is 0.0324. The largest absolute Gasteiger partial charge is 0.506 e. The Labute approximate surface area is 88.7 Å². The van der Waals surface area contributed by atoms with Gasteiger partial charge in [0, 0.05) is 0 Å². The molecule has 0 heterocycles. The van der Waals surface area contributed by atoms with Gasteiger partial charge in [0.15, 0.2) is 0 Å². The first kappa shape index (κ1) is 10.9. The highest BCUT2D eigenvalue weighted by molar-refractivity contribution is 6.32. The van der Waals surface area contributed by atoms with E-state index in [1.807, 2.05) is 6.07 Å². The smallest absolute Gasteiger partial charge is 0.134 e. The highest BCUT2D eigenvalue weighted by atomic mass is 35.5. The van der Waals surface area contributed by atoms with E-state index < -0.39 is 5.41 Å². The number of halogens is 1. The molecule has 0 atom stereocenters. The molecule has 0 fully saturated rings. The maximum atomic E-state index is 9.50. The molecule has 14 heavy (non-hydrogen) atoms. The first-order chi connectivity index (χ1) is 6.38. The van der Waals surface area contributed by atoms with Gasteiger partial charge in [-0.15, -0.1) is 0 Å². The molecule has 3 heteroatoms. The number of hydrogen-bond donors (Lipinski definition) is 1. The lowest BCUT2D eigenvalue weighted by molar-refractivity contribution is 0.472. The van der Waals surface area contributed by atoms with E-state index in [1.54, 1.807) is 26.8 Å². The molecule has 0 aliphatic heterocycles. The molecular weight excluding hydrogens is 198 g/mol. The molecule has 0 saturated heterocycles. The van der Waals surface area contributed by atoms with Gasteiger partial charge in [-0.2, -0.15) is 5.26 Å². The van der Waals surface area contributed by atoms with Crippen LogP contribution in [0.4, 0.5) is 0 Å². The first-order valence-electron chi connectivity index (χ1n) is 4.29. The lowest BCUT2D eigenvalue weighted by atomic mass is 9.85. The van der Waals surface area contributed by atoms with Crippen LogP contribution in [-0.2, 0) is 5.41 Å². The van der Waals surface area contributed by atoms with Crippen molar-refractivity contribution in [1.82, 2.24) is 0 Å². The van der Waals surface area contributed by atoms with Crippen LogP contribution < -0.4 is 0 Å². The minimum Gasteiger partial charge on any atom is -0.506 e. The predicted molar refractivity (Wildman–Crippen MR) is 56.5 cm³/mol. The number of nitriles is 1. The Hall–Kier alpha value is -1.20. The van der Waals surface area contributed by atoms with Crippen LogP contribution >= 0.6 is 11.6 Å². The van der Waals surface area contributed by atoms with Crippen molar-refractivity contribution >= 4 is 11.6 Å². The topological polar surface area (TPSA) is 44.0 Å². The van der Waals surface area contributed by atoms with Gasteiger partial charge in [-0.3, -0.25) is 0 Å². The molecule has 0 aliphatic rings. The number of hydrogen-bond acceptors (Lipinski definition) is 2. The number of rotatable bonds is 1. The third-order valence-corrected chi connectivity index (χ3v) is 2.73. The Morgan fingerprint density at radius 1 is 1.43 bits per heavy atom. The van der Waals surface area contributed by atoms with Crippen LogP contribution in [0.1, 0.15) is 25.0 Å². The Morgan fingerprint density at radius 2 is 2.00 bits per heavy atom. The summed E-state index contributed by atoms with van der Waals surface area (Å²) in [4.78, 5) is 0. The maximum absolute atomic E-state index is 9.50. The van der Waals surface area contributed by atoms with Gasteiger partial charge in [-0.05, 0) is 38.0 Å². The Bertz CT molecular complexity index is 381. The SMILES string of the molecule is Cc1cc(C(C)(C)C#N)cc(O)c1Cl. The number of phenolic OH excluding ortho intramolecular Hbond substituents is 1. The van der Waals surface area contributed by atoms with Crippen molar-refractivity contribution in [3.05, 3.63) is 28.3 Å². The van der Waals surface area contributed by atoms with E-state index in [-0.39, 0.29) is 5.75 Å². The number of phenols is 1. The van der Waals surface area contributed by atoms with Gasteiger partial charge in [0.25, 0.3) is 0 Å². The second kappa shape index (κ2) is 3.51. The molecule has 74 valence electrons. The average molecular weight is 210 g/mol. The van der Waals surface area contributed by atoms with Crippen molar-refractivity contribution in [3.8, 4) is 11.8 Å². The fourth-order valence-corrected chi connectivity index (χ4v) is 1.29. The van der Waals surface area contributed by atoms with Crippen LogP contribution in [0.5, 0.6) is 5.75 Å². The van der Waals surface area contributed by atoms with Gasteiger partial charge in [-0.25, -0.2) is 0 Å². The van der Waals surface area contributed by atoms with E-state index in [0.29, 0.717) is 5.02 Å². The maximum Gasteiger partial charge on any atom is 0.134 e. The summed E-state index contributed by atoms with van der Waals surface area (Å²) in [5.74, 6) is 0.0324. The molecule has 1 rings (SSSR count). The van der Waals surface area contributed by atoms with E-state index in [2.05, 4.69) is 6.07 Å². The highest BCUT2D eigenvalue weighted by Crippen LogP contribution is 2.33. The number of benzene rings is 1. The predicted octanol–water partition coefficient (Wildman–Crippen LogP) is 3.16. The zero-order valence-corrected chi connectivity index (χ0v) is 9.18. The molecule has 0 bridgehead atoms. The molecule has 0 unspecified atom stereocenters. The van der Waals surface area contributed by atoms with Crippen molar-refractivity contribution in [2.24, 2.45) is 0 Å². The van der Waals surface area contributed by atoms with Crippen LogP contribution in [0.3, 0.4) is 0 Å². The van der Waals surface area contributed by atoms with Crippen molar-refractivity contribution in [2.75, 3.05) is 0 Å².